The van der Waals surface area contributed by atoms with E-state index in [1.54, 1.807) is 12.4 Å². The summed E-state index contributed by atoms with van der Waals surface area (Å²) < 4.78 is 23.2. The quantitative estimate of drug-likeness (QED) is 0.802. The van der Waals surface area contributed by atoms with Crippen LogP contribution in [0.2, 0.25) is 0 Å². The molecule has 0 saturated carbocycles. The van der Waals surface area contributed by atoms with Gasteiger partial charge in [0.05, 0.1) is 29.6 Å². The molecule has 6 nitrogen and oxygen atoms in total. The van der Waals surface area contributed by atoms with E-state index < -0.39 is 9.84 Å². The summed E-state index contributed by atoms with van der Waals surface area (Å²) in [5.41, 5.74) is 0.907. The maximum absolute atomic E-state index is 11.6. The number of nitrogens with zero attached hydrogens (tertiary/aromatic N) is 3. The molecule has 0 bridgehead atoms. The van der Waals surface area contributed by atoms with Crippen LogP contribution in [-0.4, -0.2) is 49.5 Å². The highest BCUT2D eigenvalue weighted by molar-refractivity contribution is 7.91. The number of anilines is 1. The first kappa shape index (κ1) is 15.2. The zero-order valence-corrected chi connectivity index (χ0v) is 12.7. The Kier molecular flexibility index (Phi) is 5.31. The lowest BCUT2D eigenvalue weighted by Gasteiger charge is -2.20. The average Bonchev–Trinajstić information content (AvgIpc) is 2.61. The van der Waals surface area contributed by atoms with Crippen molar-refractivity contribution in [2.24, 2.45) is 0 Å². The fourth-order valence-corrected chi connectivity index (χ4v) is 3.43. The topological polar surface area (TPSA) is 75.2 Å². The number of aromatic nitrogens is 2. The number of sulfone groups is 1. The third kappa shape index (κ3) is 4.42. The summed E-state index contributed by atoms with van der Waals surface area (Å²) in [5, 5.41) is 3.28. The molecular formula is C13H22N4O2S. The van der Waals surface area contributed by atoms with Crippen molar-refractivity contribution in [3.8, 4) is 0 Å². The van der Waals surface area contributed by atoms with Crippen molar-refractivity contribution in [3.63, 3.8) is 0 Å². The van der Waals surface area contributed by atoms with Gasteiger partial charge in [-0.25, -0.2) is 13.4 Å². The molecule has 1 aliphatic heterocycles. The zero-order valence-electron chi connectivity index (χ0n) is 11.9. The normalized spacial score (nSPS) is 18.8. The van der Waals surface area contributed by atoms with Gasteiger partial charge in [0.15, 0.2) is 9.84 Å². The van der Waals surface area contributed by atoms with E-state index >= 15 is 0 Å². The highest BCUT2D eigenvalue weighted by Gasteiger charge is 2.20. The minimum atomic E-state index is -2.88. The van der Waals surface area contributed by atoms with Crippen LogP contribution in [-0.2, 0) is 16.4 Å². The monoisotopic (exact) mass is 298 g/mol. The van der Waals surface area contributed by atoms with Gasteiger partial charge in [-0.3, -0.25) is 4.98 Å². The van der Waals surface area contributed by atoms with Crippen LogP contribution in [0, 0.1) is 0 Å². The summed E-state index contributed by atoms with van der Waals surface area (Å²) in [6.45, 7) is 5.03. The SMILES string of the molecule is CCCNCc1cnc(N2CCCS(=O)(=O)CC2)cn1. The van der Waals surface area contributed by atoms with Gasteiger partial charge >= 0.3 is 0 Å². The molecule has 1 aliphatic rings. The van der Waals surface area contributed by atoms with Crippen LogP contribution in [0.15, 0.2) is 12.4 Å². The average molecular weight is 298 g/mol. The summed E-state index contributed by atoms with van der Waals surface area (Å²) in [6, 6.07) is 0. The molecule has 0 atom stereocenters. The van der Waals surface area contributed by atoms with Gasteiger partial charge in [0.1, 0.15) is 5.82 Å². The fraction of sp³-hybridized carbons (Fsp3) is 0.692. The minimum absolute atomic E-state index is 0.203. The first-order valence-corrected chi connectivity index (χ1v) is 8.90. The number of rotatable bonds is 5. The van der Waals surface area contributed by atoms with Crippen molar-refractivity contribution in [2.75, 3.05) is 36.0 Å². The van der Waals surface area contributed by atoms with E-state index in [0.29, 0.717) is 13.0 Å². The fourth-order valence-electron chi connectivity index (χ4n) is 2.16. The summed E-state index contributed by atoms with van der Waals surface area (Å²) in [7, 11) is -2.88. The van der Waals surface area contributed by atoms with Gasteiger partial charge in [-0.2, -0.15) is 0 Å². The van der Waals surface area contributed by atoms with E-state index in [4.69, 9.17) is 0 Å². The van der Waals surface area contributed by atoms with Crippen molar-refractivity contribution >= 4 is 15.7 Å². The van der Waals surface area contributed by atoms with Gasteiger partial charge in [-0.1, -0.05) is 6.92 Å². The van der Waals surface area contributed by atoms with Gasteiger partial charge in [0, 0.05) is 19.6 Å². The van der Waals surface area contributed by atoms with Gasteiger partial charge in [0.25, 0.3) is 0 Å². The number of hydrogen-bond acceptors (Lipinski definition) is 6. The van der Waals surface area contributed by atoms with Crippen LogP contribution in [0.25, 0.3) is 0 Å². The largest absolute Gasteiger partial charge is 0.354 e. The Morgan fingerprint density at radius 2 is 2.10 bits per heavy atom. The number of nitrogens with one attached hydrogen (secondary N) is 1. The molecule has 0 amide bonds. The summed E-state index contributed by atoms with van der Waals surface area (Å²) in [4.78, 5) is 10.8. The van der Waals surface area contributed by atoms with E-state index in [1.807, 2.05) is 4.90 Å². The lowest BCUT2D eigenvalue weighted by atomic mass is 10.4. The summed E-state index contributed by atoms with van der Waals surface area (Å²) in [6.07, 6.45) is 5.25. The molecule has 0 unspecified atom stereocenters. The van der Waals surface area contributed by atoms with Crippen molar-refractivity contribution < 1.29 is 8.42 Å². The Morgan fingerprint density at radius 3 is 2.80 bits per heavy atom. The molecule has 1 fully saturated rings. The van der Waals surface area contributed by atoms with Crippen molar-refractivity contribution in [2.45, 2.75) is 26.3 Å². The highest BCUT2D eigenvalue weighted by Crippen LogP contribution is 2.13. The summed E-state index contributed by atoms with van der Waals surface area (Å²) in [5.74, 6) is 1.24. The maximum atomic E-state index is 11.6. The van der Waals surface area contributed by atoms with Crippen LogP contribution in [0.3, 0.4) is 0 Å². The van der Waals surface area contributed by atoms with Crippen LogP contribution in [0.5, 0.6) is 0 Å². The second-order valence-electron chi connectivity index (χ2n) is 5.04. The maximum Gasteiger partial charge on any atom is 0.152 e. The molecule has 1 N–H and O–H groups in total. The molecule has 112 valence electrons. The molecule has 0 aliphatic carbocycles. The molecule has 1 aromatic rings. The third-order valence-electron chi connectivity index (χ3n) is 3.30. The van der Waals surface area contributed by atoms with Gasteiger partial charge in [-0.05, 0) is 19.4 Å². The van der Waals surface area contributed by atoms with Crippen LogP contribution < -0.4 is 10.2 Å². The lowest BCUT2D eigenvalue weighted by Crippen LogP contribution is -2.27. The molecule has 1 saturated heterocycles. The Morgan fingerprint density at radius 1 is 1.25 bits per heavy atom. The van der Waals surface area contributed by atoms with E-state index in [2.05, 4.69) is 22.2 Å². The van der Waals surface area contributed by atoms with Crippen LogP contribution >= 0.6 is 0 Å². The Hall–Kier alpha value is -1.21. The van der Waals surface area contributed by atoms with E-state index in [0.717, 1.165) is 37.6 Å². The molecule has 0 radical (unpaired) electrons. The van der Waals surface area contributed by atoms with E-state index in [-0.39, 0.29) is 11.5 Å². The van der Waals surface area contributed by atoms with Crippen LogP contribution in [0.4, 0.5) is 5.82 Å². The molecule has 2 heterocycles. The summed E-state index contributed by atoms with van der Waals surface area (Å²) >= 11 is 0. The molecule has 0 spiro atoms. The molecule has 20 heavy (non-hydrogen) atoms. The van der Waals surface area contributed by atoms with Gasteiger partial charge < -0.3 is 10.2 Å². The molecule has 0 aromatic carbocycles. The van der Waals surface area contributed by atoms with Crippen molar-refractivity contribution in [3.05, 3.63) is 18.1 Å². The molecule has 2 rings (SSSR count). The number of hydrogen-bond donors (Lipinski definition) is 1. The van der Waals surface area contributed by atoms with E-state index in [1.165, 1.54) is 0 Å². The Balaban J connectivity index is 1.95. The van der Waals surface area contributed by atoms with Crippen LogP contribution in [0.1, 0.15) is 25.5 Å². The standard InChI is InChI=1S/C13H22N4O2S/c1-2-4-14-9-12-10-16-13(11-15-12)17-5-3-7-20(18,19)8-6-17/h10-11,14H,2-9H2,1H3. The Bertz CT molecular complexity index is 516. The molecular weight excluding hydrogens is 276 g/mol. The second kappa shape index (κ2) is 6.99. The predicted molar refractivity (Wildman–Crippen MR) is 79.5 cm³/mol. The highest BCUT2D eigenvalue weighted by atomic mass is 32.2. The zero-order chi connectivity index (χ0) is 14.4. The lowest BCUT2D eigenvalue weighted by molar-refractivity contribution is 0.597. The third-order valence-corrected chi connectivity index (χ3v) is 5.02. The van der Waals surface area contributed by atoms with Gasteiger partial charge in [0.2, 0.25) is 0 Å². The minimum Gasteiger partial charge on any atom is -0.354 e. The van der Waals surface area contributed by atoms with Gasteiger partial charge in [-0.15, -0.1) is 0 Å². The van der Waals surface area contributed by atoms with E-state index in [9.17, 15) is 8.42 Å². The molecule has 7 heteroatoms. The first-order chi connectivity index (χ1) is 9.61. The predicted octanol–water partition coefficient (Wildman–Crippen LogP) is 0.601. The smallest absolute Gasteiger partial charge is 0.152 e. The van der Waals surface area contributed by atoms with Crippen molar-refractivity contribution in [1.82, 2.24) is 15.3 Å². The molecule has 1 aromatic heterocycles. The van der Waals surface area contributed by atoms with Crippen molar-refractivity contribution in [1.29, 1.82) is 0 Å². The second-order valence-corrected chi connectivity index (χ2v) is 7.34. The Labute approximate surface area is 120 Å². The first-order valence-electron chi connectivity index (χ1n) is 7.08.